The van der Waals surface area contributed by atoms with Gasteiger partial charge < -0.3 is 15.5 Å². The molecule has 1 saturated heterocycles. The summed E-state index contributed by atoms with van der Waals surface area (Å²) in [6.45, 7) is 5.60. The first-order valence-electron chi connectivity index (χ1n) is 11.6. The fraction of sp³-hybridized carbons (Fsp3) is 0.346. The van der Waals surface area contributed by atoms with Gasteiger partial charge in [-0.15, -0.1) is 0 Å². The summed E-state index contributed by atoms with van der Waals surface area (Å²) in [5.41, 5.74) is 3.20. The molecule has 3 aromatic rings. The minimum absolute atomic E-state index is 0.242. The van der Waals surface area contributed by atoms with E-state index in [4.69, 9.17) is 0 Å². The Morgan fingerprint density at radius 3 is 2.58 bits per heavy atom. The maximum atomic E-state index is 12.4. The topological polar surface area (TPSA) is 74.5 Å². The molecule has 1 aromatic heterocycles. The highest BCUT2D eigenvalue weighted by molar-refractivity contribution is 5.81. The van der Waals surface area contributed by atoms with Gasteiger partial charge in [0.05, 0.1) is 17.9 Å². The second-order valence-corrected chi connectivity index (χ2v) is 8.31. The maximum Gasteiger partial charge on any atom is 0.223 e. The van der Waals surface area contributed by atoms with Gasteiger partial charge in [-0.05, 0) is 37.1 Å². The number of guanidine groups is 1. The smallest absolute Gasteiger partial charge is 0.223 e. The Morgan fingerprint density at radius 2 is 1.82 bits per heavy atom. The van der Waals surface area contributed by atoms with Crippen LogP contribution in [-0.2, 0) is 17.8 Å². The summed E-state index contributed by atoms with van der Waals surface area (Å²) < 4.78 is 1.86. The van der Waals surface area contributed by atoms with Gasteiger partial charge in [0.2, 0.25) is 5.91 Å². The number of benzene rings is 2. The number of nitrogens with one attached hydrogen (secondary N) is 2. The number of carbonyl (C=O) groups is 1. The van der Waals surface area contributed by atoms with Crippen LogP contribution in [0.25, 0.3) is 5.69 Å². The van der Waals surface area contributed by atoms with Crippen molar-refractivity contribution in [2.75, 3.05) is 26.2 Å². The molecule has 7 nitrogen and oxygen atoms in total. The van der Waals surface area contributed by atoms with Crippen LogP contribution in [0.2, 0.25) is 0 Å². The summed E-state index contributed by atoms with van der Waals surface area (Å²) in [5.74, 6) is 1.28. The molecule has 1 unspecified atom stereocenters. The zero-order valence-corrected chi connectivity index (χ0v) is 19.2. The Labute approximate surface area is 195 Å². The highest BCUT2D eigenvalue weighted by atomic mass is 16.2. The molecular formula is C26H32N6O. The molecule has 1 amide bonds. The van der Waals surface area contributed by atoms with Gasteiger partial charge in [-0.1, -0.05) is 48.5 Å². The first kappa shape index (κ1) is 22.6. The molecule has 172 valence electrons. The van der Waals surface area contributed by atoms with Crippen molar-refractivity contribution in [3.05, 3.63) is 84.2 Å². The average molecular weight is 445 g/mol. The van der Waals surface area contributed by atoms with Crippen LogP contribution in [0, 0.1) is 5.92 Å². The van der Waals surface area contributed by atoms with Crippen molar-refractivity contribution in [1.29, 1.82) is 0 Å². The van der Waals surface area contributed by atoms with Crippen LogP contribution in [0.15, 0.2) is 77.9 Å². The number of hydrogen-bond donors (Lipinski definition) is 2. The van der Waals surface area contributed by atoms with E-state index in [-0.39, 0.29) is 11.8 Å². The van der Waals surface area contributed by atoms with Gasteiger partial charge in [-0.3, -0.25) is 4.79 Å². The van der Waals surface area contributed by atoms with E-state index < -0.39 is 0 Å². The molecule has 33 heavy (non-hydrogen) atoms. The molecule has 2 aromatic carbocycles. The van der Waals surface area contributed by atoms with E-state index in [9.17, 15) is 4.79 Å². The van der Waals surface area contributed by atoms with Gasteiger partial charge in [0.1, 0.15) is 0 Å². The van der Waals surface area contributed by atoms with Crippen molar-refractivity contribution in [3.63, 3.8) is 0 Å². The Morgan fingerprint density at radius 1 is 1.06 bits per heavy atom. The minimum Gasteiger partial charge on any atom is -0.357 e. The number of carbonyl (C=O) groups excluding carboxylic acids is 1. The summed E-state index contributed by atoms with van der Waals surface area (Å²) in [5, 5.41) is 11.3. The van der Waals surface area contributed by atoms with Crippen molar-refractivity contribution in [1.82, 2.24) is 25.3 Å². The van der Waals surface area contributed by atoms with Crippen LogP contribution in [0.4, 0.5) is 0 Å². The van der Waals surface area contributed by atoms with Crippen LogP contribution < -0.4 is 10.6 Å². The number of rotatable bonds is 9. The summed E-state index contributed by atoms with van der Waals surface area (Å²) in [4.78, 5) is 19.1. The maximum absolute atomic E-state index is 12.4. The SMILES string of the molecule is CCNC(=NCc1ccn(-c2ccccc2)n1)NCC1CC(=O)N(CCc2ccccc2)C1. The highest BCUT2D eigenvalue weighted by Crippen LogP contribution is 2.17. The zero-order valence-electron chi connectivity index (χ0n) is 19.2. The van der Waals surface area contributed by atoms with Crippen molar-refractivity contribution in [3.8, 4) is 5.69 Å². The predicted octanol–water partition coefficient (Wildman–Crippen LogP) is 3.02. The summed E-state index contributed by atoms with van der Waals surface area (Å²) in [7, 11) is 0. The molecule has 0 saturated carbocycles. The molecule has 0 radical (unpaired) electrons. The van der Waals surface area contributed by atoms with Gasteiger partial charge >= 0.3 is 0 Å². The largest absolute Gasteiger partial charge is 0.357 e. The van der Waals surface area contributed by atoms with Crippen LogP contribution >= 0.6 is 0 Å². The summed E-state index contributed by atoms with van der Waals surface area (Å²) in [6, 6.07) is 22.4. The molecule has 0 bridgehead atoms. The van der Waals surface area contributed by atoms with Crippen LogP contribution in [-0.4, -0.2) is 52.7 Å². The lowest BCUT2D eigenvalue weighted by Crippen LogP contribution is -2.40. The molecule has 7 heteroatoms. The molecular weight excluding hydrogens is 412 g/mol. The van der Waals surface area contributed by atoms with E-state index in [2.05, 4.69) is 32.9 Å². The lowest BCUT2D eigenvalue weighted by atomic mass is 10.1. The van der Waals surface area contributed by atoms with Gasteiger partial charge in [0.15, 0.2) is 5.96 Å². The molecule has 0 spiro atoms. The van der Waals surface area contributed by atoms with Crippen molar-refractivity contribution >= 4 is 11.9 Å². The normalized spacial score (nSPS) is 16.3. The van der Waals surface area contributed by atoms with Crippen molar-refractivity contribution in [2.45, 2.75) is 26.3 Å². The average Bonchev–Trinajstić information content (AvgIpc) is 3.47. The quantitative estimate of drug-likeness (QED) is 0.393. The summed E-state index contributed by atoms with van der Waals surface area (Å²) in [6.07, 6.45) is 3.43. The monoisotopic (exact) mass is 444 g/mol. The first-order valence-corrected chi connectivity index (χ1v) is 11.6. The van der Waals surface area contributed by atoms with Gasteiger partial charge in [-0.2, -0.15) is 5.10 Å². The molecule has 2 N–H and O–H groups in total. The third-order valence-electron chi connectivity index (χ3n) is 5.77. The third kappa shape index (κ3) is 6.44. The standard InChI is InChI=1S/C26H32N6O/c1-2-27-26(29-19-23-14-16-32(30-23)24-11-7-4-8-12-24)28-18-22-17-25(33)31(20-22)15-13-21-9-5-3-6-10-21/h3-12,14,16,22H,2,13,15,17-20H2,1H3,(H2,27,28,29). The molecule has 1 aliphatic rings. The van der Waals surface area contributed by atoms with E-state index in [1.807, 2.05) is 77.3 Å². The van der Waals surface area contributed by atoms with Crippen LogP contribution in [0.3, 0.4) is 0 Å². The van der Waals surface area contributed by atoms with E-state index in [1.165, 1.54) is 5.56 Å². The van der Waals surface area contributed by atoms with Crippen LogP contribution in [0.5, 0.6) is 0 Å². The fourth-order valence-corrected chi connectivity index (χ4v) is 4.03. The van der Waals surface area contributed by atoms with Gasteiger partial charge in [-0.25, -0.2) is 9.67 Å². The van der Waals surface area contributed by atoms with E-state index in [1.54, 1.807) is 0 Å². The summed E-state index contributed by atoms with van der Waals surface area (Å²) >= 11 is 0. The Bertz CT molecular complexity index is 1050. The lowest BCUT2D eigenvalue weighted by molar-refractivity contribution is -0.127. The van der Waals surface area contributed by atoms with Crippen molar-refractivity contribution < 1.29 is 4.79 Å². The lowest BCUT2D eigenvalue weighted by Gasteiger charge is -2.18. The number of para-hydroxylation sites is 1. The van der Waals surface area contributed by atoms with Gasteiger partial charge in [0, 0.05) is 44.7 Å². The second kappa shape index (κ2) is 11.3. The number of amides is 1. The van der Waals surface area contributed by atoms with Gasteiger partial charge in [0.25, 0.3) is 0 Å². The molecule has 1 atom stereocenters. The number of aromatic nitrogens is 2. The van der Waals surface area contributed by atoms with E-state index >= 15 is 0 Å². The second-order valence-electron chi connectivity index (χ2n) is 8.31. The Kier molecular flexibility index (Phi) is 7.74. The zero-order chi connectivity index (χ0) is 22.9. The number of likely N-dealkylation sites (tertiary alicyclic amines) is 1. The van der Waals surface area contributed by atoms with Crippen molar-refractivity contribution in [2.24, 2.45) is 10.9 Å². The molecule has 1 fully saturated rings. The minimum atomic E-state index is 0.242. The Balaban J connectivity index is 1.27. The number of nitrogens with zero attached hydrogens (tertiary/aromatic N) is 4. The fourth-order valence-electron chi connectivity index (χ4n) is 4.03. The Hall–Kier alpha value is -3.61. The molecule has 1 aliphatic heterocycles. The number of hydrogen-bond acceptors (Lipinski definition) is 3. The molecule has 2 heterocycles. The molecule has 4 rings (SSSR count). The number of aliphatic imine (C=N–C) groups is 1. The third-order valence-corrected chi connectivity index (χ3v) is 5.77. The molecule has 0 aliphatic carbocycles. The van der Waals surface area contributed by atoms with E-state index in [0.29, 0.717) is 13.0 Å². The highest BCUT2D eigenvalue weighted by Gasteiger charge is 2.29. The predicted molar refractivity (Wildman–Crippen MR) is 131 cm³/mol. The van der Waals surface area contributed by atoms with E-state index in [0.717, 1.165) is 49.9 Å². The van der Waals surface area contributed by atoms with Crippen LogP contribution in [0.1, 0.15) is 24.6 Å². The first-order chi connectivity index (χ1) is 16.2.